The molecular formula is C36H40N4O5. The summed E-state index contributed by atoms with van der Waals surface area (Å²) in [5.41, 5.74) is 4.11. The minimum atomic E-state index is -1.15. The zero-order valence-electron chi connectivity index (χ0n) is 26.0. The molecule has 0 aliphatic rings. The molecule has 2 amide bonds. The van der Waals surface area contributed by atoms with E-state index in [0.29, 0.717) is 11.4 Å². The van der Waals surface area contributed by atoms with E-state index in [9.17, 15) is 19.5 Å². The number of carboxylic acids is 1. The minimum absolute atomic E-state index is 0.0942. The summed E-state index contributed by atoms with van der Waals surface area (Å²) in [6.07, 6.45) is 9.66. The molecule has 234 valence electrons. The smallest absolute Gasteiger partial charge is 0.326 e. The van der Waals surface area contributed by atoms with Crippen LogP contribution in [-0.4, -0.2) is 64.5 Å². The molecule has 9 heteroatoms. The number of benzene rings is 3. The van der Waals surface area contributed by atoms with Crippen molar-refractivity contribution in [2.45, 2.75) is 51.5 Å². The lowest BCUT2D eigenvalue weighted by Crippen LogP contribution is -2.42. The molecule has 0 saturated heterocycles. The maximum absolute atomic E-state index is 12.7. The lowest BCUT2D eigenvalue weighted by atomic mass is 10.0. The molecular weight excluding hydrogens is 568 g/mol. The fourth-order valence-corrected chi connectivity index (χ4v) is 4.76. The summed E-state index contributed by atoms with van der Waals surface area (Å²) in [6, 6.07) is 20.2. The molecule has 1 atom stereocenters. The summed E-state index contributed by atoms with van der Waals surface area (Å²) in [5, 5.41) is 12.3. The van der Waals surface area contributed by atoms with E-state index >= 15 is 0 Å². The van der Waals surface area contributed by atoms with Crippen molar-refractivity contribution in [1.29, 1.82) is 0 Å². The van der Waals surface area contributed by atoms with E-state index in [0.717, 1.165) is 41.0 Å². The van der Waals surface area contributed by atoms with Crippen LogP contribution in [0.3, 0.4) is 0 Å². The fourth-order valence-electron chi connectivity index (χ4n) is 4.76. The third kappa shape index (κ3) is 9.47. The molecule has 0 bridgehead atoms. The normalized spacial score (nSPS) is 11.4. The van der Waals surface area contributed by atoms with Gasteiger partial charge in [0.2, 0.25) is 0 Å². The highest BCUT2D eigenvalue weighted by Gasteiger charge is 2.22. The van der Waals surface area contributed by atoms with Crippen LogP contribution >= 0.6 is 0 Å². The number of nitrogens with zero attached hydrogens (tertiary/aromatic N) is 3. The van der Waals surface area contributed by atoms with Crippen LogP contribution in [0.4, 0.5) is 0 Å². The van der Waals surface area contributed by atoms with Gasteiger partial charge in [0.05, 0.1) is 6.61 Å². The van der Waals surface area contributed by atoms with Gasteiger partial charge in [-0.3, -0.25) is 9.59 Å². The Kier molecular flexibility index (Phi) is 11.8. The van der Waals surface area contributed by atoms with Crippen LogP contribution in [0.2, 0.25) is 0 Å². The molecule has 2 N–H and O–H groups in total. The van der Waals surface area contributed by atoms with Crippen LogP contribution in [0.5, 0.6) is 5.75 Å². The Morgan fingerprint density at radius 2 is 1.38 bits per heavy atom. The molecule has 4 aromatic rings. The number of ether oxygens (including phenoxy) is 1. The Morgan fingerprint density at radius 3 is 1.98 bits per heavy atom. The van der Waals surface area contributed by atoms with Gasteiger partial charge in [0.1, 0.15) is 11.8 Å². The van der Waals surface area contributed by atoms with Crippen LogP contribution in [0.25, 0.3) is 22.5 Å². The second-order valence-electron chi connectivity index (χ2n) is 11.1. The second-order valence-corrected chi connectivity index (χ2v) is 11.1. The van der Waals surface area contributed by atoms with Gasteiger partial charge in [-0.05, 0) is 53.9 Å². The zero-order chi connectivity index (χ0) is 32.2. The van der Waals surface area contributed by atoms with Crippen LogP contribution in [0.15, 0.2) is 85.2 Å². The molecule has 1 unspecified atom stereocenters. The van der Waals surface area contributed by atoms with Gasteiger partial charge in [0.25, 0.3) is 11.8 Å². The van der Waals surface area contributed by atoms with Crippen molar-refractivity contribution in [2.24, 2.45) is 0 Å². The molecule has 1 aromatic heterocycles. The standard InChI is InChI=1S/C36H40N4O5/c1-4-5-6-7-8-21-45-31-19-17-26(18-20-31)30-23-37-33(38-24-30)27-11-9-25(10-12-27)22-32(36(43)44)39-34(41)28-13-15-29(16-14-28)35(42)40(2)3/h9-20,23-24,32H,4-8,21-22H2,1-3H3,(H,39,41)(H,43,44). The Hall–Kier alpha value is -5.05. The topological polar surface area (TPSA) is 122 Å². The summed E-state index contributed by atoms with van der Waals surface area (Å²) < 4.78 is 5.86. The van der Waals surface area contributed by atoms with Crippen molar-refractivity contribution in [2.75, 3.05) is 20.7 Å². The third-order valence-corrected chi connectivity index (χ3v) is 7.41. The maximum Gasteiger partial charge on any atom is 0.326 e. The molecule has 0 spiro atoms. The van der Waals surface area contributed by atoms with Crippen LogP contribution in [0, 0.1) is 0 Å². The second kappa shape index (κ2) is 16.1. The number of amides is 2. The van der Waals surface area contributed by atoms with Crippen molar-refractivity contribution in [1.82, 2.24) is 20.2 Å². The van der Waals surface area contributed by atoms with E-state index in [4.69, 9.17) is 4.74 Å². The van der Waals surface area contributed by atoms with Crippen molar-refractivity contribution in [3.05, 3.63) is 102 Å². The van der Waals surface area contributed by atoms with Gasteiger partial charge in [-0.2, -0.15) is 0 Å². The van der Waals surface area contributed by atoms with Crippen molar-refractivity contribution in [3.8, 4) is 28.3 Å². The molecule has 45 heavy (non-hydrogen) atoms. The number of carboxylic acid groups (broad SMARTS) is 1. The first kappa shape index (κ1) is 32.9. The zero-order valence-corrected chi connectivity index (χ0v) is 26.0. The Bertz CT molecular complexity index is 1550. The average molecular weight is 609 g/mol. The lowest BCUT2D eigenvalue weighted by Gasteiger charge is -2.15. The van der Waals surface area contributed by atoms with Crippen LogP contribution < -0.4 is 10.1 Å². The van der Waals surface area contributed by atoms with Crippen molar-refractivity contribution in [3.63, 3.8) is 0 Å². The van der Waals surface area contributed by atoms with E-state index in [1.165, 1.54) is 42.7 Å². The fraction of sp³-hybridized carbons (Fsp3) is 0.306. The van der Waals surface area contributed by atoms with Crippen molar-refractivity contribution < 1.29 is 24.2 Å². The van der Waals surface area contributed by atoms with E-state index < -0.39 is 17.9 Å². The molecule has 9 nitrogen and oxygen atoms in total. The summed E-state index contributed by atoms with van der Waals surface area (Å²) in [7, 11) is 3.29. The van der Waals surface area contributed by atoms with Gasteiger partial charge in [-0.25, -0.2) is 14.8 Å². The summed E-state index contributed by atoms with van der Waals surface area (Å²) in [4.78, 5) is 47.3. The number of rotatable bonds is 15. The minimum Gasteiger partial charge on any atom is -0.494 e. The third-order valence-electron chi connectivity index (χ3n) is 7.41. The molecule has 1 heterocycles. The number of aliphatic carboxylic acids is 1. The first-order valence-corrected chi connectivity index (χ1v) is 15.2. The summed E-state index contributed by atoms with van der Waals surface area (Å²) in [5.74, 6) is -0.463. The Labute approximate surface area is 264 Å². The number of unbranched alkanes of at least 4 members (excludes halogenated alkanes) is 4. The number of hydrogen-bond acceptors (Lipinski definition) is 6. The highest BCUT2D eigenvalue weighted by molar-refractivity contribution is 5.99. The molecule has 0 fully saturated rings. The first-order valence-electron chi connectivity index (χ1n) is 15.2. The summed E-state index contributed by atoms with van der Waals surface area (Å²) in [6.45, 7) is 2.93. The maximum atomic E-state index is 12.7. The van der Waals surface area contributed by atoms with Gasteiger partial charge < -0.3 is 20.1 Å². The Morgan fingerprint density at radius 1 is 0.778 bits per heavy atom. The van der Waals surface area contributed by atoms with E-state index in [-0.39, 0.29) is 17.9 Å². The summed E-state index contributed by atoms with van der Waals surface area (Å²) >= 11 is 0. The molecule has 0 aliphatic carbocycles. The highest BCUT2D eigenvalue weighted by Crippen LogP contribution is 2.24. The molecule has 4 rings (SSSR count). The SMILES string of the molecule is CCCCCCCOc1ccc(-c2cnc(-c3ccc(CC(NC(=O)c4ccc(C(=O)N(C)C)cc4)C(=O)O)cc3)nc2)cc1. The molecule has 0 radical (unpaired) electrons. The lowest BCUT2D eigenvalue weighted by molar-refractivity contribution is -0.139. The van der Waals surface area contributed by atoms with Gasteiger partial charge in [0, 0.05) is 55.2 Å². The van der Waals surface area contributed by atoms with E-state index in [1.807, 2.05) is 36.4 Å². The van der Waals surface area contributed by atoms with Gasteiger partial charge >= 0.3 is 5.97 Å². The first-order chi connectivity index (χ1) is 21.7. The predicted octanol–water partition coefficient (Wildman–Crippen LogP) is 6.29. The highest BCUT2D eigenvalue weighted by atomic mass is 16.5. The number of carbonyl (C=O) groups is 3. The van der Waals surface area contributed by atoms with E-state index in [1.54, 1.807) is 50.8 Å². The quantitative estimate of drug-likeness (QED) is 0.152. The largest absolute Gasteiger partial charge is 0.494 e. The monoisotopic (exact) mass is 608 g/mol. The number of hydrogen-bond donors (Lipinski definition) is 2. The Balaban J connectivity index is 1.32. The number of nitrogens with one attached hydrogen (secondary N) is 1. The molecule has 0 saturated carbocycles. The molecule has 3 aromatic carbocycles. The molecule has 0 aliphatic heterocycles. The van der Waals surface area contributed by atoms with Crippen LogP contribution in [-0.2, 0) is 11.2 Å². The number of aromatic nitrogens is 2. The van der Waals surface area contributed by atoms with Crippen molar-refractivity contribution >= 4 is 17.8 Å². The van der Waals surface area contributed by atoms with Crippen LogP contribution in [0.1, 0.15) is 65.3 Å². The predicted molar refractivity (Wildman–Crippen MR) is 174 cm³/mol. The van der Waals surface area contributed by atoms with Gasteiger partial charge in [-0.15, -0.1) is 0 Å². The van der Waals surface area contributed by atoms with Gasteiger partial charge in [0.15, 0.2) is 5.82 Å². The number of carbonyl (C=O) groups excluding carboxylic acids is 2. The average Bonchev–Trinajstić information content (AvgIpc) is 3.06. The van der Waals surface area contributed by atoms with E-state index in [2.05, 4.69) is 22.2 Å². The van der Waals surface area contributed by atoms with Gasteiger partial charge in [-0.1, -0.05) is 69.0 Å².